The van der Waals surface area contributed by atoms with Crippen molar-refractivity contribution < 1.29 is 4.92 Å². The number of nitrogens with one attached hydrogen (secondary N) is 1. The van der Waals surface area contributed by atoms with Crippen LogP contribution in [-0.2, 0) is 0 Å². The summed E-state index contributed by atoms with van der Waals surface area (Å²) in [6.45, 7) is 10.2. The Kier molecular flexibility index (Phi) is 4.40. The predicted molar refractivity (Wildman–Crippen MR) is 79.9 cm³/mol. The van der Waals surface area contributed by atoms with E-state index in [0.29, 0.717) is 17.6 Å². The molecule has 1 aliphatic heterocycles. The largest absolute Gasteiger partial charge is 0.309 e. The Labute approximate surface area is 120 Å². The zero-order valence-corrected chi connectivity index (χ0v) is 12.6. The number of hydrogen-bond donors (Lipinski definition) is 1. The summed E-state index contributed by atoms with van der Waals surface area (Å²) in [6.07, 6.45) is 0. The first-order valence-corrected chi connectivity index (χ1v) is 7.13. The third-order valence-corrected chi connectivity index (χ3v) is 4.05. The Morgan fingerprint density at radius 2 is 1.95 bits per heavy atom. The Morgan fingerprint density at radius 1 is 1.35 bits per heavy atom. The number of piperazine rings is 1. The highest BCUT2D eigenvalue weighted by Crippen LogP contribution is 2.27. The van der Waals surface area contributed by atoms with Crippen LogP contribution in [0.15, 0.2) is 18.2 Å². The third kappa shape index (κ3) is 3.16. The maximum absolute atomic E-state index is 11.1. The molecule has 20 heavy (non-hydrogen) atoms. The van der Waals surface area contributed by atoms with Crippen LogP contribution in [-0.4, -0.2) is 35.0 Å². The number of benzene rings is 1. The van der Waals surface area contributed by atoms with Crippen molar-refractivity contribution in [3.8, 4) is 0 Å². The summed E-state index contributed by atoms with van der Waals surface area (Å²) in [6, 6.07) is 6.66. The summed E-state index contributed by atoms with van der Waals surface area (Å²) >= 11 is 0. The van der Waals surface area contributed by atoms with Gasteiger partial charge in [-0.05, 0) is 33.3 Å². The highest BCUT2D eigenvalue weighted by Gasteiger charge is 2.26. The van der Waals surface area contributed by atoms with Crippen molar-refractivity contribution in [3.63, 3.8) is 0 Å². The van der Waals surface area contributed by atoms with Crippen LogP contribution in [0.25, 0.3) is 0 Å². The van der Waals surface area contributed by atoms with Crippen molar-refractivity contribution in [2.45, 2.75) is 45.8 Å². The first-order chi connectivity index (χ1) is 9.38. The Hall–Kier alpha value is -1.46. The van der Waals surface area contributed by atoms with Crippen LogP contribution >= 0.6 is 0 Å². The molecule has 5 heteroatoms. The van der Waals surface area contributed by atoms with Crippen LogP contribution in [0.1, 0.15) is 37.9 Å². The van der Waals surface area contributed by atoms with Gasteiger partial charge in [0.2, 0.25) is 0 Å². The van der Waals surface area contributed by atoms with E-state index in [1.165, 1.54) is 0 Å². The van der Waals surface area contributed by atoms with Crippen molar-refractivity contribution in [2.24, 2.45) is 0 Å². The van der Waals surface area contributed by atoms with Gasteiger partial charge in [0.25, 0.3) is 5.69 Å². The lowest BCUT2D eigenvalue weighted by atomic mass is 10.0. The second-order valence-electron chi connectivity index (χ2n) is 5.90. The van der Waals surface area contributed by atoms with Gasteiger partial charge >= 0.3 is 0 Å². The summed E-state index contributed by atoms with van der Waals surface area (Å²) < 4.78 is 0. The summed E-state index contributed by atoms with van der Waals surface area (Å²) in [7, 11) is 0. The van der Waals surface area contributed by atoms with Gasteiger partial charge in [0, 0.05) is 42.8 Å². The van der Waals surface area contributed by atoms with E-state index in [4.69, 9.17) is 0 Å². The molecule has 1 aromatic rings. The molecular weight excluding hydrogens is 254 g/mol. The lowest BCUT2D eigenvalue weighted by molar-refractivity contribution is -0.385. The summed E-state index contributed by atoms with van der Waals surface area (Å²) in [5, 5.41) is 14.6. The molecule has 0 spiro atoms. The molecule has 0 bridgehead atoms. The molecular formula is C15H23N3O2. The number of aryl methyl sites for hydroxylation is 1. The molecule has 2 rings (SSSR count). The Balaban J connectivity index is 2.22. The summed E-state index contributed by atoms with van der Waals surface area (Å²) in [5.41, 5.74) is 1.95. The predicted octanol–water partition coefficient (Wildman–Crippen LogP) is 2.65. The fraction of sp³-hybridized carbons (Fsp3) is 0.600. The SMILES string of the molecule is Cc1ccc(C(C)N2CC(C)NC(C)C2)cc1[N+](=O)[O-]. The van der Waals surface area contributed by atoms with Crippen molar-refractivity contribution >= 4 is 5.69 Å². The Morgan fingerprint density at radius 3 is 2.50 bits per heavy atom. The second kappa shape index (κ2) is 5.89. The highest BCUT2D eigenvalue weighted by molar-refractivity contribution is 5.43. The molecule has 1 aliphatic rings. The number of hydrogen-bond acceptors (Lipinski definition) is 4. The smallest absolute Gasteiger partial charge is 0.272 e. The number of nitro benzene ring substituents is 1. The van der Waals surface area contributed by atoms with Crippen LogP contribution in [0.4, 0.5) is 5.69 Å². The molecule has 1 fully saturated rings. The second-order valence-corrected chi connectivity index (χ2v) is 5.90. The zero-order valence-electron chi connectivity index (χ0n) is 12.6. The van der Waals surface area contributed by atoms with Crippen molar-refractivity contribution in [2.75, 3.05) is 13.1 Å². The van der Waals surface area contributed by atoms with Crippen LogP contribution in [0, 0.1) is 17.0 Å². The molecule has 0 aliphatic carbocycles. The van der Waals surface area contributed by atoms with Gasteiger partial charge in [-0.15, -0.1) is 0 Å². The van der Waals surface area contributed by atoms with E-state index >= 15 is 0 Å². The van der Waals surface area contributed by atoms with Crippen molar-refractivity contribution in [1.82, 2.24) is 10.2 Å². The third-order valence-electron chi connectivity index (χ3n) is 4.05. The molecule has 0 aromatic heterocycles. The highest BCUT2D eigenvalue weighted by atomic mass is 16.6. The molecule has 0 saturated carbocycles. The summed E-state index contributed by atoms with van der Waals surface area (Å²) in [5.74, 6) is 0. The first-order valence-electron chi connectivity index (χ1n) is 7.13. The average Bonchev–Trinajstić information content (AvgIpc) is 2.37. The number of nitrogens with zero attached hydrogens (tertiary/aromatic N) is 2. The maximum atomic E-state index is 11.1. The fourth-order valence-electron chi connectivity index (χ4n) is 2.98. The minimum absolute atomic E-state index is 0.196. The fourth-order valence-corrected chi connectivity index (χ4v) is 2.98. The van der Waals surface area contributed by atoms with Gasteiger partial charge in [0.1, 0.15) is 0 Å². The van der Waals surface area contributed by atoms with Gasteiger partial charge in [0.15, 0.2) is 0 Å². The molecule has 1 N–H and O–H groups in total. The first kappa shape index (κ1) is 14.9. The van der Waals surface area contributed by atoms with Gasteiger partial charge in [-0.25, -0.2) is 0 Å². The maximum Gasteiger partial charge on any atom is 0.272 e. The molecule has 1 saturated heterocycles. The number of nitro groups is 1. The van der Waals surface area contributed by atoms with Crippen LogP contribution in [0.2, 0.25) is 0 Å². The van der Waals surface area contributed by atoms with Crippen LogP contribution in [0.5, 0.6) is 0 Å². The molecule has 5 nitrogen and oxygen atoms in total. The molecule has 1 aromatic carbocycles. The minimum atomic E-state index is -0.297. The topological polar surface area (TPSA) is 58.4 Å². The molecule has 3 unspecified atom stereocenters. The van der Waals surface area contributed by atoms with E-state index in [1.54, 1.807) is 13.0 Å². The van der Waals surface area contributed by atoms with Gasteiger partial charge < -0.3 is 5.32 Å². The summed E-state index contributed by atoms with van der Waals surface area (Å²) in [4.78, 5) is 13.2. The standard InChI is InChI=1S/C15H23N3O2/c1-10-5-6-14(7-15(10)18(19)20)13(4)17-8-11(2)16-12(3)9-17/h5-7,11-13,16H,8-9H2,1-4H3. The molecule has 3 atom stereocenters. The van der Waals surface area contributed by atoms with Crippen LogP contribution in [0.3, 0.4) is 0 Å². The molecule has 1 heterocycles. The molecule has 0 radical (unpaired) electrons. The van der Waals surface area contributed by atoms with Gasteiger partial charge in [0.05, 0.1) is 4.92 Å². The average molecular weight is 277 g/mol. The number of rotatable bonds is 3. The van der Waals surface area contributed by atoms with Gasteiger partial charge in [-0.3, -0.25) is 15.0 Å². The van der Waals surface area contributed by atoms with Crippen molar-refractivity contribution in [1.29, 1.82) is 0 Å². The van der Waals surface area contributed by atoms with E-state index in [2.05, 4.69) is 31.0 Å². The van der Waals surface area contributed by atoms with Gasteiger partial charge in [-0.1, -0.05) is 12.1 Å². The quantitative estimate of drug-likeness (QED) is 0.681. The monoisotopic (exact) mass is 277 g/mol. The van der Waals surface area contributed by atoms with E-state index in [1.807, 2.05) is 12.1 Å². The minimum Gasteiger partial charge on any atom is -0.309 e. The van der Waals surface area contributed by atoms with E-state index < -0.39 is 0 Å². The van der Waals surface area contributed by atoms with Crippen molar-refractivity contribution in [3.05, 3.63) is 39.4 Å². The van der Waals surface area contributed by atoms with E-state index in [-0.39, 0.29) is 16.7 Å². The lowest BCUT2D eigenvalue weighted by Gasteiger charge is -2.39. The molecule has 0 amide bonds. The molecule has 110 valence electrons. The Bertz CT molecular complexity index is 494. The van der Waals surface area contributed by atoms with E-state index in [0.717, 1.165) is 18.7 Å². The van der Waals surface area contributed by atoms with Crippen LogP contribution < -0.4 is 5.32 Å². The van der Waals surface area contributed by atoms with Gasteiger partial charge in [-0.2, -0.15) is 0 Å². The zero-order chi connectivity index (χ0) is 14.9. The lowest BCUT2D eigenvalue weighted by Crippen LogP contribution is -2.54. The van der Waals surface area contributed by atoms with E-state index in [9.17, 15) is 10.1 Å². The normalized spacial score (nSPS) is 25.4.